The Labute approximate surface area is 115 Å². The third-order valence-corrected chi connectivity index (χ3v) is 2.95. The second-order valence-electron chi connectivity index (χ2n) is 4.38. The van der Waals surface area contributed by atoms with Crippen LogP contribution in [-0.2, 0) is 11.0 Å². The van der Waals surface area contributed by atoms with Crippen molar-refractivity contribution < 1.29 is 22.7 Å². The number of carbonyl (C=O) groups excluding carboxylic acids is 1. The lowest BCUT2D eigenvalue weighted by Crippen LogP contribution is -2.20. The van der Waals surface area contributed by atoms with Crippen molar-refractivity contribution in [1.82, 2.24) is 0 Å². The Kier molecular flexibility index (Phi) is 5.14. The number of alkyl halides is 3. The molecular weight excluding hydrogens is 271 g/mol. The molecule has 0 aliphatic heterocycles. The maximum Gasteiger partial charge on any atom is 0.420 e. The molecule has 108 valence electrons. The van der Waals surface area contributed by atoms with Crippen molar-refractivity contribution in [2.24, 2.45) is 5.92 Å². The van der Waals surface area contributed by atoms with Gasteiger partial charge < -0.3 is 4.74 Å². The van der Waals surface area contributed by atoms with E-state index in [9.17, 15) is 18.0 Å². The number of carbonyl (C=O) groups is 1. The van der Waals surface area contributed by atoms with Gasteiger partial charge in [-0.3, -0.25) is 4.79 Å². The SMILES string of the molecule is CCC(C)C(=O)COc1ccc(C#N)cc1C(F)(F)F. The largest absolute Gasteiger partial charge is 0.485 e. The topological polar surface area (TPSA) is 50.1 Å². The lowest BCUT2D eigenvalue weighted by atomic mass is 10.0. The monoisotopic (exact) mass is 285 g/mol. The van der Waals surface area contributed by atoms with Gasteiger partial charge in [-0.15, -0.1) is 0 Å². The van der Waals surface area contributed by atoms with Gasteiger partial charge in [0.1, 0.15) is 12.4 Å². The van der Waals surface area contributed by atoms with Crippen LogP contribution in [0.5, 0.6) is 5.75 Å². The van der Waals surface area contributed by atoms with Crippen molar-refractivity contribution in [3.05, 3.63) is 29.3 Å². The van der Waals surface area contributed by atoms with Gasteiger partial charge in [-0.1, -0.05) is 13.8 Å². The molecule has 0 aliphatic carbocycles. The standard InChI is InChI=1S/C14H14F3NO2/c1-3-9(2)12(19)8-20-13-5-4-10(7-18)6-11(13)14(15,16)17/h4-6,9H,3,8H2,1-2H3. The molecule has 1 aromatic carbocycles. The van der Waals surface area contributed by atoms with Gasteiger partial charge in [0.25, 0.3) is 0 Å². The van der Waals surface area contributed by atoms with E-state index in [1.54, 1.807) is 13.0 Å². The lowest BCUT2D eigenvalue weighted by Gasteiger charge is -2.15. The molecule has 0 saturated carbocycles. The molecule has 20 heavy (non-hydrogen) atoms. The quantitative estimate of drug-likeness (QED) is 0.831. The van der Waals surface area contributed by atoms with Gasteiger partial charge in [-0.2, -0.15) is 18.4 Å². The Balaban J connectivity index is 2.96. The van der Waals surface area contributed by atoms with Gasteiger partial charge in [0.2, 0.25) is 0 Å². The zero-order chi connectivity index (χ0) is 15.3. The van der Waals surface area contributed by atoms with Gasteiger partial charge >= 0.3 is 6.18 Å². The molecule has 1 aromatic rings. The first kappa shape index (κ1) is 16.0. The predicted molar refractivity (Wildman–Crippen MR) is 66.1 cm³/mol. The molecule has 0 bridgehead atoms. The normalized spacial score (nSPS) is 12.6. The van der Waals surface area contributed by atoms with Crippen LogP contribution in [0.2, 0.25) is 0 Å². The maximum absolute atomic E-state index is 12.8. The summed E-state index contributed by atoms with van der Waals surface area (Å²) < 4.78 is 43.5. The summed E-state index contributed by atoms with van der Waals surface area (Å²) in [6.07, 6.45) is -4.04. The average Bonchev–Trinajstić information content (AvgIpc) is 2.42. The first-order chi connectivity index (χ1) is 9.29. The van der Waals surface area contributed by atoms with Crippen molar-refractivity contribution in [1.29, 1.82) is 5.26 Å². The van der Waals surface area contributed by atoms with Crippen LogP contribution >= 0.6 is 0 Å². The first-order valence-electron chi connectivity index (χ1n) is 6.06. The molecule has 0 saturated heterocycles. The van der Waals surface area contributed by atoms with Gasteiger partial charge in [-0.05, 0) is 24.6 Å². The summed E-state index contributed by atoms with van der Waals surface area (Å²) in [5.74, 6) is -0.958. The van der Waals surface area contributed by atoms with Crippen molar-refractivity contribution in [2.45, 2.75) is 26.4 Å². The Morgan fingerprint density at radius 1 is 1.45 bits per heavy atom. The fourth-order valence-electron chi connectivity index (χ4n) is 1.47. The highest BCUT2D eigenvalue weighted by Crippen LogP contribution is 2.36. The summed E-state index contributed by atoms with van der Waals surface area (Å²) in [7, 11) is 0. The summed E-state index contributed by atoms with van der Waals surface area (Å²) in [6.45, 7) is 3.09. The Bertz CT molecular complexity index is 532. The van der Waals surface area contributed by atoms with E-state index in [4.69, 9.17) is 10.00 Å². The van der Waals surface area contributed by atoms with Gasteiger partial charge in [0.05, 0.1) is 17.2 Å². The number of rotatable bonds is 5. The number of halogens is 3. The van der Waals surface area contributed by atoms with Crippen molar-refractivity contribution in [3.63, 3.8) is 0 Å². The van der Waals surface area contributed by atoms with E-state index in [0.717, 1.165) is 6.07 Å². The molecule has 0 N–H and O–H groups in total. The minimum absolute atomic E-state index is 0.113. The molecule has 3 nitrogen and oxygen atoms in total. The Morgan fingerprint density at radius 2 is 2.10 bits per heavy atom. The number of hydrogen-bond acceptors (Lipinski definition) is 3. The van der Waals surface area contributed by atoms with E-state index in [-0.39, 0.29) is 17.3 Å². The Hall–Kier alpha value is -2.03. The van der Waals surface area contributed by atoms with Gasteiger partial charge in [0.15, 0.2) is 5.78 Å². The fraction of sp³-hybridized carbons (Fsp3) is 0.429. The second-order valence-corrected chi connectivity index (χ2v) is 4.38. The van der Waals surface area contributed by atoms with Crippen LogP contribution in [0.4, 0.5) is 13.2 Å². The zero-order valence-electron chi connectivity index (χ0n) is 11.1. The van der Waals surface area contributed by atoms with Crippen LogP contribution in [-0.4, -0.2) is 12.4 Å². The summed E-state index contributed by atoms with van der Waals surface area (Å²) in [5, 5.41) is 8.63. The van der Waals surface area contributed by atoms with E-state index < -0.39 is 24.1 Å². The lowest BCUT2D eigenvalue weighted by molar-refractivity contribution is -0.139. The van der Waals surface area contributed by atoms with Crippen LogP contribution < -0.4 is 4.74 Å². The number of benzene rings is 1. The zero-order valence-corrected chi connectivity index (χ0v) is 11.1. The highest BCUT2D eigenvalue weighted by Gasteiger charge is 2.35. The molecule has 0 fully saturated rings. The minimum Gasteiger partial charge on any atom is -0.485 e. The molecule has 0 amide bonds. The predicted octanol–water partition coefficient (Wildman–Crippen LogP) is 3.57. The van der Waals surface area contributed by atoms with Crippen molar-refractivity contribution in [2.75, 3.05) is 6.61 Å². The average molecular weight is 285 g/mol. The van der Waals surface area contributed by atoms with E-state index >= 15 is 0 Å². The highest BCUT2D eigenvalue weighted by atomic mass is 19.4. The summed E-state index contributed by atoms with van der Waals surface area (Å²) in [4.78, 5) is 11.6. The van der Waals surface area contributed by atoms with Crippen LogP contribution in [0.25, 0.3) is 0 Å². The fourth-order valence-corrected chi connectivity index (χ4v) is 1.47. The Morgan fingerprint density at radius 3 is 2.60 bits per heavy atom. The molecule has 0 aliphatic rings. The number of ether oxygens (including phenoxy) is 1. The van der Waals surface area contributed by atoms with E-state index in [2.05, 4.69) is 0 Å². The number of nitrogens with zero attached hydrogens (tertiary/aromatic N) is 1. The van der Waals surface area contributed by atoms with Gasteiger partial charge in [0, 0.05) is 5.92 Å². The summed E-state index contributed by atoms with van der Waals surface area (Å²) in [6, 6.07) is 4.63. The molecule has 0 spiro atoms. The van der Waals surface area contributed by atoms with Crippen molar-refractivity contribution in [3.8, 4) is 11.8 Å². The number of ketones is 1. The van der Waals surface area contributed by atoms with Crippen LogP contribution in [0.15, 0.2) is 18.2 Å². The third-order valence-electron chi connectivity index (χ3n) is 2.95. The second kappa shape index (κ2) is 6.42. The van der Waals surface area contributed by atoms with Crippen molar-refractivity contribution >= 4 is 5.78 Å². The smallest absolute Gasteiger partial charge is 0.420 e. The molecule has 1 rings (SSSR count). The summed E-state index contributed by atoms with van der Waals surface area (Å²) in [5.41, 5.74) is -1.16. The molecule has 1 unspecified atom stereocenters. The first-order valence-corrected chi connectivity index (χ1v) is 6.06. The molecule has 0 aromatic heterocycles. The third kappa shape index (κ3) is 3.98. The van der Waals surface area contributed by atoms with Crippen LogP contribution in [0.3, 0.4) is 0 Å². The number of Topliss-reactive ketones (excluding diaryl/α,β-unsaturated/α-hetero) is 1. The molecular formula is C14H14F3NO2. The molecule has 0 radical (unpaired) electrons. The van der Waals surface area contributed by atoms with E-state index in [1.165, 1.54) is 6.07 Å². The molecule has 6 heteroatoms. The van der Waals surface area contributed by atoms with Gasteiger partial charge in [-0.25, -0.2) is 0 Å². The summed E-state index contributed by atoms with van der Waals surface area (Å²) >= 11 is 0. The number of nitriles is 1. The van der Waals surface area contributed by atoms with Crippen LogP contribution in [0.1, 0.15) is 31.4 Å². The number of hydrogen-bond donors (Lipinski definition) is 0. The highest BCUT2D eigenvalue weighted by molar-refractivity contribution is 5.82. The van der Waals surface area contributed by atoms with E-state index in [1.807, 2.05) is 6.92 Å². The van der Waals surface area contributed by atoms with Crippen LogP contribution in [0, 0.1) is 17.2 Å². The molecule has 0 heterocycles. The maximum atomic E-state index is 12.8. The van der Waals surface area contributed by atoms with E-state index in [0.29, 0.717) is 12.5 Å². The molecule has 1 atom stereocenters. The minimum atomic E-state index is -4.64.